The van der Waals surface area contributed by atoms with Gasteiger partial charge in [0.05, 0.1) is 18.4 Å². The molecule has 8 heteroatoms. The maximum absolute atomic E-state index is 12.1. The Morgan fingerprint density at radius 1 is 1.40 bits per heavy atom. The largest absolute Gasteiger partial charge is 0.496 e. The molecule has 0 aliphatic carbocycles. The molecule has 2 rings (SSSR count). The normalized spacial score (nSPS) is 11.6. The number of carbonyl (C=O) groups is 1. The van der Waals surface area contributed by atoms with Crippen LogP contribution in [0.2, 0.25) is 0 Å². The molecule has 25 heavy (non-hydrogen) atoms. The molecule has 0 aliphatic heterocycles. The molecular formula is C17H19N5O2S. The van der Waals surface area contributed by atoms with E-state index in [0.717, 1.165) is 5.56 Å². The summed E-state index contributed by atoms with van der Waals surface area (Å²) in [6, 6.07) is 9.39. The lowest BCUT2D eigenvalue weighted by atomic mass is 10.2. The second-order valence-electron chi connectivity index (χ2n) is 5.13. The highest BCUT2D eigenvalue weighted by Gasteiger charge is 2.18. The van der Waals surface area contributed by atoms with Crippen LogP contribution in [0, 0.1) is 11.3 Å². The number of nitriles is 1. The Morgan fingerprint density at radius 2 is 2.12 bits per heavy atom. The molecule has 2 aromatic rings. The molecule has 2 N–H and O–H groups in total. The first-order valence-electron chi connectivity index (χ1n) is 7.62. The number of carbonyl (C=O) groups excluding carboxylic acids is 1. The number of hydrogen-bond acceptors (Lipinski definition) is 7. The maximum Gasteiger partial charge on any atom is 0.191 e. The quantitative estimate of drug-likeness (QED) is 0.460. The van der Waals surface area contributed by atoms with Crippen LogP contribution < -0.4 is 10.5 Å². The third-order valence-electron chi connectivity index (χ3n) is 3.50. The van der Waals surface area contributed by atoms with Crippen molar-refractivity contribution in [2.75, 3.05) is 12.9 Å². The first-order valence-corrected chi connectivity index (χ1v) is 8.61. The van der Waals surface area contributed by atoms with Gasteiger partial charge >= 0.3 is 0 Å². The smallest absolute Gasteiger partial charge is 0.191 e. The van der Waals surface area contributed by atoms with Crippen LogP contribution >= 0.6 is 11.8 Å². The Hall–Kier alpha value is -2.79. The number of nitrogens with two attached hydrogens (primary N) is 1. The van der Waals surface area contributed by atoms with E-state index in [2.05, 4.69) is 10.2 Å². The molecule has 0 spiro atoms. The number of para-hydroxylation sites is 1. The lowest BCUT2D eigenvalue weighted by molar-refractivity contribution is -0.112. The lowest BCUT2D eigenvalue weighted by Crippen LogP contribution is -2.11. The summed E-state index contributed by atoms with van der Waals surface area (Å²) in [7, 11) is 1.60. The first-order chi connectivity index (χ1) is 12.0. The molecule has 1 heterocycles. The van der Waals surface area contributed by atoms with Crippen molar-refractivity contribution in [1.82, 2.24) is 14.8 Å². The molecule has 0 fully saturated rings. The Morgan fingerprint density at radius 3 is 2.72 bits per heavy atom. The van der Waals surface area contributed by atoms with Gasteiger partial charge in [-0.25, -0.2) is 0 Å². The van der Waals surface area contributed by atoms with E-state index in [9.17, 15) is 4.79 Å². The van der Waals surface area contributed by atoms with Crippen LogP contribution in [-0.2, 0) is 11.3 Å². The molecule has 130 valence electrons. The van der Waals surface area contributed by atoms with Crippen LogP contribution in [0.3, 0.4) is 0 Å². The number of Topliss-reactive ketones (excluding diaryl/α,β-unsaturated/α-hetero) is 1. The third kappa shape index (κ3) is 4.00. The second-order valence-corrected chi connectivity index (χ2v) is 6.07. The van der Waals surface area contributed by atoms with Gasteiger partial charge in [-0.2, -0.15) is 5.26 Å². The van der Waals surface area contributed by atoms with Crippen LogP contribution in [0.1, 0.15) is 13.8 Å². The van der Waals surface area contributed by atoms with E-state index in [1.165, 1.54) is 18.7 Å². The predicted molar refractivity (Wildman–Crippen MR) is 95.9 cm³/mol. The fraction of sp³-hybridized carbons (Fsp3) is 0.294. The average Bonchev–Trinajstić information content (AvgIpc) is 3.02. The zero-order chi connectivity index (χ0) is 18.4. The summed E-state index contributed by atoms with van der Waals surface area (Å²) in [6.45, 7) is 4.14. The molecule has 0 saturated carbocycles. The van der Waals surface area contributed by atoms with Gasteiger partial charge in [-0.15, -0.1) is 10.2 Å². The Bertz CT molecular complexity index is 847. The summed E-state index contributed by atoms with van der Waals surface area (Å²) >= 11 is 1.23. The Labute approximate surface area is 150 Å². The van der Waals surface area contributed by atoms with Gasteiger partial charge in [0.15, 0.2) is 16.8 Å². The number of thioether (sulfide) groups is 1. The number of rotatable bonds is 7. The number of aromatic nitrogens is 3. The van der Waals surface area contributed by atoms with E-state index >= 15 is 0 Å². The molecule has 1 aromatic carbocycles. The van der Waals surface area contributed by atoms with Crippen molar-refractivity contribution in [3.8, 4) is 23.2 Å². The van der Waals surface area contributed by atoms with Crippen LogP contribution in [0.4, 0.5) is 0 Å². The van der Waals surface area contributed by atoms with Gasteiger partial charge in [0.25, 0.3) is 0 Å². The van der Waals surface area contributed by atoms with Gasteiger partial charge in [-0.05, 0) is 26.0 Å². The molecule has 0 bridgehead atoms. The van der Waals surface area contributed by atoms with Crippen LogP contribution in [-0.4, -0.2) is 33.4 Å². The Balaban J connectivity index is 2.28. The monoisotopic (exact) mass is 357 g/mol. The number of nitrogens with zero attached hydrogens (tertiary/aromatic N) is 4. The molecule has 0 radical (unpaired) electrons. The molecule has 0 aliphatic rings. The topological polar surface area (TPSA) is 107 Å². The molecule has 7 nitrogen and oxygen atoms in total. The van der Waals surface area contributed by atoms with E-state index in [-0.39, 0.29) is 22.8 Å². The van der Waals surface area contributed by atoms with Crippen LogP contribution in [0.25, 0.3) is 11.4 Å². The zero-order valence-electron chi connectivity index (χ0n) is 14.3. The molecule has 0 unspecified atom stereocenters. The summed E-state index contributed by atoms with van der Waals surface area (Å²) in [5, 5.41) is 18.0. The van der Waals surface area contributed by atoms with Gasteiger partial charge in [0.1, 0.15) is 17.4 Å². The summed E-state index contributed by atoms with van der Waals surface area (Å²) < 4.78 is 7.28. The van der Waals surface area contributed by atoms with E-state index in [1.807, 2.05) is 41.8 Å². The molecular weight excluding hydrogens is 338 g/mol. The van der Waals surface area contributed by atoms with Crippen molar-refractivity contribution in [3.05, 3.63) is 35.5 Å². The minimum absolute atomic E-state index is 0.0139. The number of hydrogen-bond donors (Lipinski definition) is 1. The minimum atomic E-state index is -0.322. The van der Waals surface area contributed by atoms with Gasteiger partial charge in [0.2, 0.25) is 0 Å². The highest BCUT2D eigenvalue weighted by atomic mass is 32.2. The van der Waals surface area contributed by atoms with Gasteiger partial charge in [-0.1, -0.05) is 23.9 Å². The number of ketones is 1. The van der Waals surface area contributed by atoms with Crippen molar-refractivity contribution in [2.45, 2.75) is 25.5 Å². The van der Waals surface area contributed by atoms with Crippen molar-refractivity contribution in [1.29, 1.82) is 5.26 Å². The van der Waals surface area contributed by atoms with E-state index in [1.54, 1.807) is 7.11 Å². The standard InChI is InChI=1S/C17H19N5O2S/c1-4-22-16(12-7-5-6-8-15(12)24-3)20-21-17(22)25-10-14(23)13(9-18)11(2)19/h5-8H,4,10,19H2,1-3H3. The summed E-state index contributed by atoms with van der Waals surface area (Å²) in [4.78, 5) is 12.1. The lowest BCUT2D eigenvalue weighted by Gasteiger charge is -2.10. The SMILES string of the molecule is CCn1c(SCC(=O)C(C#N)=C(C)N)nnc1-c1ccccc1OC. The zero-order valence-corrected chi connectivity index (χ0v) is 15.1. The summed E-state index contributed by atoms with van der Waals surface area (Å²) in [5.41, 5.74) is 6.60. The molecule has 0 atom stereocenters. The summed E-state index contributed by atoms with van der Waals surface area (Å²) in [6.07, 6.45) is 0. The summed E-state index contributed by atoms with van der Waals surface area (Å²) in [5.74, 6) is 1.12. The molecule has 0 saturated heterocycles. The van der Waals surface area contributed by atoms with Crippen molar-refractivity contribution in [3.63, 3.8) is 0 Å². The molecule has 1 aromatic heterocycles. The third-order valence-corrected chi connectivity index (χ3v) is 4.47. The maximum atomic E-state index is 12.1. The van der Waals surface area contributed by atoms with E-state index in [4.69, 9.17) is 15.7 Å². The number of benzene rings is 1. The second kappa shape index (κ2) is 8.35. The van der Waals surface area contributed by atoms with Gasteiger partial charge in [0, 0.05) is 12.2 Å². The van der Waals surface area contributed by atoms with Crippen LogP contribution in [0.15, 0.2) is 40.7 Å². The van der Waals surface area contributed by atoms with Crippen molar-refractivity contribution in [2.24, 2.45) is 5.73 Å². The number of allylic oxidation sites excluding steroid dienone is 2. The van der Waals surface area contributed by atoms with Gasteiger partial charge < -0.3 is 15.0 Å². The fourth-order valence-corrected chi connectivity index (χ4v) is 3.16. The molecule has 0 amide bonds. The first kappa shape index (κ1) is 18.5. The van der Waals surface area contributed by atoms with Crippen molar-refractivity contribution >= 4 is 17.5 Å². The highest BCUT2D eigenvalue weighted by Crippen LogP contribution is 2.30. The average molecular weight is 357 g/mol. The fourth-order valence-electron chi connectivity index (χ4n) is 2.28. The van der Waals surface area contributed by atoms with Crippen molar-refractivity contribution < 1.29 is 9.53 Å². The number of ether oxygens (including phenoxy) is 1. The van der Waals surface area contributed by atoms with Crippen LogP contribution in [0.5, 0.6) is 5.75 Å². The highest BCUT2D eigenvalue weighted by molar-refractivity contribution is 7.99. The minimum Gasteiger partial charge on any atom is -0.496 e. The Kier molecular flexibility index (Phi) is 6.19. The van der Waals surface area contributed by atoms with E-state index < -0.39 is 0 Å². The predicted octanol–water partition coefficient (Wildman–Crippen LogP) is 2.39. The van der Waals surface area contributed by atoms with Gasteiger partial charge in [-0.3, -0.25) is 4.79 Å². The number of methoxy groups -OCH3 is 1. The van der Waals surface area contributed by atoms with E-state index in [0.29, 0.717) is 23.3 Å².